The molecule has 0 radical (unpaired) electrons. The Morgan fingerprint density at radius 1 is 1.00 bits per heavy atom. The molecule has 0 fully saturated rings. The fourth-order valence-electron chi connectivity index (χ4n) is 2.22. The maximum atomic E-state index is 12.8. The van der Waals surface area contributed by atoms with Gasteiger partial charge in [0.25, 0.3) is 0 Å². The first-order valence-corrected chi connectivity index (χ1v) is 8.12. The third kappa shape index (κ3) is 2.64. The summed E-state index contributed by atoms with van der Waals surface area (Å²) < 4.78 is 30.6. The Labute approximate surface area is 132 Å². The van der Waals surface area contributed by atoms with Crippen molar-refractivity contribution in [1.29, 1.82) is 0 Å². The van der Waals surface area contributed by atoms with Crippen LogP contribution >= 0.6 is 0 Å². The van der Waals surface area contributed by atoms with Crippen LogP contribution in [-0.4, -0.2) is 25.5 Å². The number of fused-ring (bicyclic) bond motifs is 1. The van der Waals surface area contributed by atoms with Crippen molar-refractivity contribution in [2.45, 2.75) is 9.79 Å². The summed E-state index contributed by atoms with van der Waals surface area (Å²) in [4.78, 5) is 8.11. The molecule has 2 aromatic carbocycles. The molecule has 23 heavy (non-hydrogen) atoms. The summed E-state index contributed by atoms with van der Waals surface area (Å²) in [6.07, 6.45) is 0. The van der Waals surface area contributed by atoms with E-state index < -0.39 is 9.84 Å². The average Bonchev–Trinajstić information content (AvgIpc) is 2.54. The van der Waals surface area contributed by atoms with E-state index >= 15 is 0 Å². The van der Waals surface area contributed by atoms with Crippen LogP contribution in [0.3, 0.4) is 0 Å². The molecular formula is C15H14N4O3S. The van der Waals surface area contributed by atoms with Gasteiger partial charge in [-0.15, -0.1) is 0 Å². The molecular weight excluding hydrogens is 316 g/mol. The Morgan fingerprint density at radius 3 is 2.48 bits per heavy atom. The Morgan fingerprint density at radius 2 is 1.74 bits per heavy atom. The predicted octanol–water partition coefficient (Wildman–Crippen LogP) is 1.64. The van der Waals surface area contributed by atoms with E-state index in [0.717, 1.165) is 0 Å². The highest BCUT2D eigenvalue weighted by Crippen LogP contribution is 2.28. The molecule has 0 saturated heterocycles. The molecule has 3 aromatic rings. The number of methoxy groups -OCH3 is 1. The van der Waals surface area contributed by atoms with Gasteiger partial charge in [-0.25, -0.2) is 13.4 Å². The normalized spacial score (nSPS) is 11.5. The zero-order chi connectivity index (χ0) is 16.6. The number of rotatable bonds is 3. The van der Waals surface area contributed by atoms with Gasteiger partial charge >= 0.3 is 0 Å². The third-order valence-electron chi connectivity index (χ3n) is 3.38. The van der Waals surface area contributed by atoms with Gasteiger partial charge < -0.3 is 16.2 Å². The number of nitrogen functional groups attached to an aromatic ring is 2. The molecule has 0 bridgehead atoms. The molecule has 118 valence electrons. The molecule has 1 heterocycles. The van der Waals surface area contributed by atoms with Gasteiger partial charge in [0, 0.05) is 5.39 Å². The first kappa shape index (κ1) is 15.0. The molecule has 8 heteroatoms. The number of hydrogen-bond acceptors (Lipinski definition) is 7. The van der Waals surface area contributed by atoms with Crippen LogP contribution in [0.25, 0.3) is 10.9 Å². The first-order chi connectivity index (χ1) is 10.9. The minimum Gasteiger partial charge on any atom is -0.497 e. The highest BCUT2D eigenvalue weighted by atomic mass is 32.2. The smallest absolute Gasteiger partial charge is 0.222 e. The summed E-state index contributed by atoms with van der Waals surface area (Å²) in [5.74, 6) is 0.635. The molecule has 4 N–H and O–H groups in total. The topological polar surface area (TPSA) is 121 Å². The fourth-order valence-corrected chi connectivity index (χ4v) is 3.54. The molecule has 7 nitrogen and oxygen atoms in total. The van der Waals surface area contributed by atoms with E-state index in [9.17, 15) is 8.42 Å². The van der Waals surface area contributed by atoms with E-state index in [1.165, 1.54) is 31.4 Å². The van der Waals surface area contributed by atoms with E-state index in [2.05, 4.69) is 9.97 Å². The molecule has 0 amide bonds. The van der Waals surface area contributed by atoms with Gasteiger partial charge in [-0.3, -0.25) is 0 Å². The lowest BCUT2D eigenvalue weighted by atomic mass is 10.2. The van der Waals surface area contributed by atoms with E-state index in [0.29, 0.717) is 16.7 Å². The summed E-state index contributed by atoms with van der Waals surface area (Å²) >= 11 is 0. The van der Waals surface area contributed by atoms with Crippen LogP contribution in [0.15, 0.2) is 52.3 Å². The molecule has 0 atom stereocenters. The van der Waals surface area contributed by atoms with Gasteiger partial charge in [-0.1, -0.05) is 6.07 Å². The van der Waals surface area contributed by atoms with Gasteiger partial charge in [0.1, 0.15) is 11.6 Å². The molecule has 0 aliphatic heterocycles. The molecule has 1 aromatic heterocycles. The van der Waals surface area contributed by atoms with Crippen LogP contribution < -0.4 is 16.2 Å². The van der Waals surface area contributed by atoms with E-state index in [1.807, 2.05) is 0 Å². The van der Waals surface area contributed by atoms with Crippen LogP contribution in [0.1, 0.15) is 0 Å². The lowest BCUT2D eigenvalue weighted by molar-refractivity contribution is 0.413. The molecule has 0 aliphatic carbocycles. The van der Waals surface area contributed by atoms with Gasteiger partial charge in [0.05, 0.1) is 22.4 Å². The number of benzene rings is 2. The Hall–Kier alpha value is -2.87. The Kier molecular flexibility index (Phi) is 3.53. The third-order valence-corrected chi connectivity index (χ3v) is 5.12. The number of hydrogen-bond donors (Lipinski definition) is 2. The monoisotopic (exact) mass is 330 g/mol. The second-order valence-electron chi connectivity index (χ2n) is 4.83. The van der Waals surface area contributed by atoms with Crippen LogP contribution in [0.5, 0.6) is 5.75 Å². The highest BCUT2D eigenvalue weighted by Gasteiger charge is 2.19. The van der Waals surface area contributed by atoms with Crippen LogP contribution in [-0.2, 0) is 9.84 Å². The van der Waals surface area contributed by atoms with Crippen LogP contribution in [0.2, 0.25) is 0 Å². The first-order valence-electron chi connectivity index (χ1n) is 6.64. The second-order valence-corrected chi connectivity index (χ2v) is 6.78. The molecule has 3 rings (SSSR count). The van der Waals surface area contributed by atoms with Gasteiger partial charge in [0.2, 0.25) is 15.8 Å². The summed E-state index contributed by atoms with van der Waals surface area (Å²) in [6.45, 7) is 0. The van der Waals surface area contributed by atoms with Crippen molar-refractivity contribution in [3.8, 4) is 5.75 Å². The zero-order valence-electron chi connectivity index (χ0n) is 12.2. The second kappa shape index (κ2) is 5.40. The summed E-state index contributed by atoms with van der Waals surface area (Å²) in [7, 11) is -2.24. The maximum absolute atomic E-state index is 12.8. The number of nitrogens with zero attached hydrogens (tertiary/aromatic N) is 2. The van der Waals surface area contributed by atoms with Gasteiger partial charge in [-0.05, 0) is 36.4 Å². The van der Waals surface area contributed by atoms with Crippen molar-refractivity contribution in [3.05, 3.63) is 42.5 Å². The summed E-state index contributed by atoms with van der Waals surface area (Å²) in [5, 5.41) is 0.433. The molecule has 0 aliphatic rings. The van der Waals surface area contributed by atoms with Crippen molar-refractivity contribution in [2.75, 3.05) is 18.6 Å². The molecule has 0 unspecified atom stereocenters. The SMILES string of the molecule is COc1cccc(S(=O)(=O)c2ccc3nc(N)nc(N)c3c2)c1. The van der Waals surface area contributed by atoms with Gasteiger partial charge in [-0.2, -0.15) is 4.98 Å². The standard InChI is InChI=1S/C15H14N4O3S/c1-22-9-3-2-4-10(7-9)23(20,21)11-5-6-13-12(8-11)14(16)19-15(17)18-13/h2-8H,1H3,(H4,16,17,18,19). The number of anilines is 2. The van der Waals surface area contributed by atoms with Crippen molar-refractivity contribution in [1.82, 2.24) is 9.97 Å². The number of aromatic nitrogens is 2. The summed E-state index contributed by atoms with van der Waals surface area (Å²) in [6, 6.07) is 10.7. The highest BCUT2D eigenvalue weighted by molar-refractivity contribution is 7.91. The number of nitrogens with two attached hydrogens (primary N) is 2. The van der Waals surface area contributed by atoms with Crippen molar-refractivity contribution in [2.24, 2.45) is 0 Å². The lowest BCUT2D eigenvalue weighted by Crippen LogP contribution is -2.04. The van der Waals surface area contributed by atoms with Gasteiger partial charge in [0.15, 0.2) is 0 Å². The van der Waals surface area contributed by atoms with E-state index in [4.69, 9.17) is 16.2 Å². The molecule has 0 saturated carbocycles. The fraction of sp³-hybridized carbons (Fsp3) is 0.0667. The van der Waals surface area contributed by atoms with E-state index in [1.54, 1.807) is 18.2 Å². The maximum Gasteiger partial charge on any atom is 0.222 e. The summed E-state index contributed by atoms with van der Waals surface area (Å²) in [5.41, 5.74) is 11.8. The van der Waals surface area contributed by atoms with E-state index in [-0.39, 0.29) is 21.6 Å². The Balaban J connectivity index is 2.18. The minimum absolute atomic E-state index is 0.0402. The number of ether oxygens (including phenoxy) is 1. The minimum atomic E-state index is -3.71. The van der Waals surface area contributed by atoms with Crippen molar-refractivity contribution in [3.63, 3.8) is 0 Å². The zero-order valence-corrected chi connectivity index (χ0v) is 13.0. The molecule has 0 spiro atoms. The average molecular weight is 330 g/mol. The number of sulfone groups is 1. The lowest BCUT2D eigenvalue weighted by Gasteiger charge is -2.08. The van der Waals surface area contributed by atoms with Crippen LogP contribution in [0.4, 0.5) is 11.8 Å². The quantitative estimate of drug-likeness (QED) is 0.748. The van der Waals surface area contributed by atoms with Crippen LogP contribution in [0, 0.1) is 0 Å². The van der Waals surface area contributed by atoms with Crippen molar-refractivity contribution >= 4 is 32.5 Å². The largest absolute Gasteiger partial charge is 0.497 e. The predicted molar refractivity (Wildman–Crippen MR) is 86.8 cm³/mol. The van der Waals surface area contributed by atoms with Crippen molar-refractivity contribution < 1.29 is 13.2 Å². The Bertz CT molecular complexity index is 1000.